The molecule has 0 heterocycles. The Labute approximate surface area is 146 Å². The topological polar surface area (TPSA) is 98.5 Å². The van der Waals surface area contributed by atoms with Gasteiger partial charge in [-0.25, -0.2) is 8.42 Å². The third-order valence-corrected chi connectivity index (χ3v) is 5.18. The maximum Gasteiger partial charge on any atom is 0.269 e. The van der Waals surface area contributed by atoms with Crippen LogP contribution < -0.4 is 9.46 Å². The summed E-state index contributed by atoms with van der Waals surface area (Å²) >= 11 is 0. The number of nitrogens with zero attached hydrogens (tertiary/aromatic N) is 1. The Hall–Kier alpha value is -2.61. The molecular weight excluding hydrogens is 344 g/mol. The van der Waals surface area contributed by atoms with Gasteiger partial charge in [0.15, 0.2) is 0 Å². The van der Waals surface area contributed by atoms with Gasteiger partial charge in [0.2, 0.25) is 0 Å². The van der Waals surface area contributed by atoms with E-state index in [4.69, 9.17) is 4.74 Å². The van der Waals surface area contributed by atoms with Crippen LogP contribution >= 0.6 is 0 Å². The highest BCUT2D eigenvalue weighted by Crippen LogP contribution is 2.33. The van der Waals surface area contributed by atoms with E-state index in [9.17, 15) is 18.5 Å². The number of benzene rings is 2. The monoisotopic (exact) mass is 364 g/mol. The number of anilines is 1. The highest BCUT2D eigenvalue weighted by molar-refractivity contribution is 7.92. The van der Waals surface area contributed by atoms with E-state index in [1.165, 1.54) is 12.1 Å². The standard InChI is InChI=1S/C17H20N2O5S/c1-11(2)15-10-16(12(3)9-17(15)24-4)18-25(22,23)14-7-5-13(6-8-14)19(20)21/h5-11,18H,1-4H3. The molecule has 8 heteroatoms. The maximum absolute atomic E-state index is 12.6. The molecule has 25 heavy (non-hydrogen) atoms. The van der Waals surface area contributed by atoms with Crippen molar-refractivity contribution in [1.29, 1.82) is 0 Å². The van der Waals surface area contributed by atoms with Crippen LogP contribution in [0.2, 0.25) is 0 Å². The fraction of sp³-hybridized carbons (Fsp3) is 0.294. The van der Waals surface area contributed by atoms with Gasteiger partial charge in [-0.15, -0.1) is 0 Å². The lowest BCUT2D eigenvalue weighted by molar-refractivity contribution is -0.384. The van der Waals surface area contributed by atoms with Gasteiger partial charge < -0.3 is 4.74 Å². The van der Waals surface area contributed by atoms with Gasteiger partial charge in [0.05, 0.1) is 22.6 Å². The number of nitro benzene ring substituents is 1. The van der Waals surface area contributed by atoms with Crippen molar-refractivity contribution in [2.24, 2.45) is 0 Å². The van der Waals surface area contributed by atoms with Crippen molar-refractivity contribution in [3.05, 3.63) is 57.6 Å². The molecule has 0 unspecified atom stereocenters. The van der Waals surface area contributed by atoms with Gasteiger partial charge in [0, 0.05) is 12.1 Å². The average Bonchev–Trinajstić information content (AvgIpc) is 2.56. The number of sulfonamides is 1. The number of hydrogen-bond donors (Lipinski definition) is 1. The third-order valence-electron chi connectivity index (χ3n) is 3.80. The van der Waals surface area contributed by atoms with Crippen molar-refractivity contribution < 1.29 is 18.1 Å². The van der Waals surface area contributed by atoms with E-state index in [1.54, 1.807) is 26.2 Å². The molecule has 0 atom stereocenters. The van der Waals surface area contributed by atoms with Crippen molar-refractivity contribution in [2.75, 3.05) is 11.8 Å². The van der Waals surface area contributed by atoms with E-state index >= 15 is 0 Å². The van der Waals surface area contributed by atoms with Crippen LogP contribution in [-0.2, 0) is 10.0 Å². The minimum Gasteiger partial charge on any atom is -0.496 e. The smallest absolute Gasteiger partial charge is 0.269 e. The molecule has 2 aromatic rings. The summed E-state index contributed by atoms with van der Waals surface area (Å²) in [4.78, 5) is 10.1. The predicted molar refractivity (Wildman–Crippen MR) is 95.7 cm³/mol. The van der Waals surface area contributed by atoms with Crippen LogP contribution in [0.25, 0.3) is 0 Å². The summed E-state index contributed by atoms with van der Waals surface area (Å²) in [5.74, 6) is 0.851. The van der Waals surface area contributed by atoms with Gasteiger partial charge in [0.25, 0.3) is 15.7 Å². The molecule has 0 amide bonds. The second kappa shape index (κ2) is 7.10. The summed E-state index contributed by atoms with van der Waals surface area (Å²) < 4.78 is 33.0. The van der Waals surface area contributed by atoms with Crippen LogP contribution in [-0.4, -0.2) is 20.5 Å². The van der Waals surface area contributed by atoms with E-state index in [0.29, 0.717) is 17.0 Å². The highest BCUT2D eigenvalue weighted by atomic mass is 32.2. The van der Waals surface area contributed by atoms with Crippen molar-refractivity contribution in [3.63, 3.8) is 0 Å². The second-order valence-corrected chi connectivity index (χ2v) is 7.60. The number of ether oxygens (including phenoxy) is 1. The minimum atomic E-state index is -3.85. The van der Waals surface area contributed by atoms with Crippen LogP contribution in [0.1, 0.15) is 30.9 Å². The number of nitrogens with one attached hydrogen (secondary N) is 1. The fourth-order valence-corrected chi connectivity index (χ4v) is 3.51. The van der Waals surface area contributed by atoms with Crippen LogP contribution in [0, 0.1) is 17.0 Å². The zero-order valence-electron chi connectivity index (χ0n) is 14.4. The summed E-state index contributed by atoms with van der Waals surface area (Å²) in [6, 6.07) is 8.28. The number of methoxy groups -OCH3 is 1. The zero-order chi connectivity index (χ0) is 18.8. The van der Waals surface area contributed by atoms with Gasteiger partial charge in [-0.05, 0) is 48.2 Å². The summed E-state index contributed by atoms with van der Waals surface area (Å²) in [6.07, 6.45) is 0. The van der Waals surface area contributed by atoms with Crippen molar-refractivity contribution >= 4 is 21.4 Å². The number of non-ortho nitro benzene ring substituents is 1. The Bertz CT molecular complexity index is 890. The Morgan fingerprint density at radius 1 is 1.16 bits per heavy atom. The molecule has 0 spiro atoms. The Morgan fingerprint density at radius 2 is 1.76 bits per heavy atom. The molecule has 2 aromatic carbocycles. The number of hydrogen-bond acceptors (Lipinski definition) is 5. The summed E-state index contributed by atoms with van der Waals surface area (Å²) in [6.45, 7) is 5.75. The van der Waals surface area contributed by atoms with E-state index in [-0.39, 0.29) is 16.5 Å². The molecule has 134 valence electrons. The molecule has 0 saturated heterocycles. The van der Waals surface area contributed by atoms with Crippen LogP contribution in [0.3, 0.4) is 0 Å². The van der Waals surface area contributed by atoms with Crippen LogP contribution in [0.4, 0.5) is 11.4 Å². The number of aryl methyl sites for hydroxylation is 1. The summed E-state index contributed by atoms with van der Waals surface area (Å²) in [5.41, 5.74) is 1.88. The first-order chi connectivity index (χ1) is 11.7. The van der Waals surface area contributed by atoms with Gasteiger partial charge in [-0.2, -0.15) is 0 Å². The van der Waals surface area contributed by atoms with Gasteiger partial charge in [0.1, 0.15) is 5.75 Å². The lowest BCUT2D eigenvalue weighted by Gasteiger charge is -2.17. The first-order valence-corrected chi connectivity index (χ1v) is 9.10. The van der Waals surface area contributed by atoms with Crippen molar-refractivity contribution in [1.82, 2.24) is 0 Å². The van der Waals surface area contributed by atoms with E-state index < -0.39 is 14.9 Å². The SMILES string of the molecule is COc1cc(C)c(NS(=O)(=O)c2ccc([N+](=O)[O-])cc2)cc1C(C)C. The average molecular weight is 364 g/mol. The number of nitro groups is 1. The Morgan fingerprint density at radius 3 is 2.24 bits per heavy atom. The quantitative estimate of drug-likeness (QED) is 0.620. The van der Waals surface area contributed by atoms with E-state index in [2.05, 4.69) is 4.72 Å². The zero-order valence-corrected chi connectivity index (χ0v) is 15.3. The first-order valence-electron chi connectivity index (χ1n) is 7.61. The molecule has 0 aliphatic rings. The second-order valence-electron chi connectivity index (χ2n) is 5.92. The molecule has 0 aliphatic carbocycles. The normalized spacial score (nSPS) is 11.4. The van der Waals surface area contributed by atoms with Crippen molar-refractivity contribution in [2.45, 2.75) is 31.6 Å². The molecule has 0 fully saturated rings. The summed E-state index contributed by atoms with van der Waals surface area (Å²) in [7, 11) is -2.28. The fourth-order valence-electron chi connectivity index (χ4n) is 2.39. The predicted octanol–water partition coefficient (Wildman–Crippen LogP) is 3.84. The molecular formula is C17H20N2O5S. The lowest BCUT2D eigenvalue weighted by atomic mass is 9.99. The van der Waals surface area contributed by atoms with Gasteiger partial charge in [-0.3, -0.25) is 14.8 Å². The van der Waals surface area contributed by atoms with E-state index in [0.717, 1.165) is 17.7 Å². The molecule has 7 nitrogen and oxygen atoms in total. The largest absolute Gasteiger partial charge is 0.496 e. The first kappa shape index (κ1) is 18.7. The lowest BCUT2D eigenvalue weighted by Crippen LogP contribution is -2.14. The third kappa shape index (κ3) is 4.08. The van der Waals surface area contributed by atoms with E-state index in [1.807, 2.05) is 13.8 Å². The Kier molecular flexibility index (Phi) is 5.32. The van der Waals surface area contributed by atoms with Crippen molar-refractivity contribution in [3.8, 4) is 5.75 Å². The minimum absolute atomic E-state index is 0.0422. The van der Waals surface area contributed by atoms with Crippen LogP contribution in [0.5, 0.6) is 5.75 Å². The van der Waals surface area contributed by atoms with Gasteiger partial charge >= 0.3 is 0 Å². The molecule has 0 bridgehead atoms. The molecule has 0 radical (unpaired) electrons. The Balaban J connectivity index is 2.40. The summed E-state index contributed by atoms with van der Waals surface area (Å²) in [5, 5.41) is 10.7. The molecule has 0 aromatic heterocycles. The molecule has 2 rings (SSSR count). The highest BCUT2D eigenvalue weighted by Gasteiger charge is 2.19. The number of rotatable bonds is 6. The maximum atomic E-state index is 12.6. The molecule has 0 saturated carbocycles. The van der Waals surface area contributed by atoms with Gasteiger partial charge in [-0.1, -0.05) is 13.8 Å². The van der Waals surface area contributed by atoms with Crippen LogP contribution in [0.15, 0.2) is 41.3 Å². The molecule has 0 aliphatic heterocycles. The molecule has 1 N–H and O–H groups in total.